The van der Waals surface area contributed by atoms with E-state index in [0.717, 1.165) is 0 Å². The lowest BCUT2D eigenvalue weighted by molar-refractivity contribution is 0.157. The van der Waals surface area contributed by atoms with Crippen molar-refractivity contribution < 1.29 is 13.9 Å². The maximum Gasteiger partial charge on any atom is 0.404 e. The molecule has 0 spiro atoms. The second-order valence-corrected chi connectivity index (χ2v) is 2.35. The van der Waals surface area contributed by atoms with Crippen molar-refractivity contribution in [2.24, 2.45) is 5.73 Å². The number of nitrogens with two attached hydrogens (primary N) is 1. The van der Waals surface area contributed by atoms with Crippen LogP contribution in [0.5, 0.6) is 0 Å². The minimum atomic E-state index is -0.865. The minimum Gasteiger partial charge on any atom is -0.449 e. The van der Waals surface area contributed by atoms with Gasteiger partial charge in [-0.15, -0.1) is 0 Å². The van der Waals surface area contributed by atoms with Crippen molar-refractivity contribution in [3.8, 4) is 0 Å². The van der Waals surface area contributed by atoms with Gasteiger partial charge in [-0.2, -0.15) is 0 Å². The van der Waals surface area contributed by atoms with Crippen LogP contribution in [0.4, 0.5) is 9.18 Å². The summed E-state index contributed by atoms with van der Waals surface area (Å²) in [5.41, 5.74) is 4.99. The smallest absolute Gasteiger partial charge is 0.404 e. The van der Waals surface area contributed by atoms with Crippen LogP contribution in [0.15, 0.2) is 18.3 Å². The molecule has 0 aliphatic heterocycles. The standard InChI is InChI=1S/C8H9FN2O2/c9-6-2-1-4-11-7(6)3-5-13-8(10)12/h1-2,4H,3,5H2,(H2,10,12). The lowest BCUT2D eigenvalue weighted by Crippen LogP contribution is -2.15. The molecule has 1 aromatic heterocycles. The third-order valence-electron chi connectivity index (χ3n) is 1.42. The van der Waals surface area contributed by atoms with Crippen LogP contribution in [0.1, 0.15) is 5.69 Å². The van der Waals surface area contributed by atoms with Gasteiger partial charge in [0.05, 0.1) is 12.3 Å². The summed E-state index contributed by atoms with van der Waals surface area (Å²) in [4.78, 5) is 13.9. The van der Waals surface area contributed by atoms with E-state index in [4.69, 9.17) is 5.73 Å². The summed E-state index contributed by atoms with van der Waals surface area (Å²) in [6, 6.07) is 2.79. The largest absolute Gasteiger partial charge is 0.449 e. The Morgan fingerprint density at radius 1 is 1.69 bits per heavy atom. The van der Waals surface area contributed by atoms with Gasteiger partial charge in [-0.25, -0.2) is 9.18 Å². The second kappa shape index (κ2) is 4.39. The lowest BCUT2D eigenvalue weighted by Gasteiger charge is -2.01. The minimum absolute atomic E-state index is 0.0449. The lowest BCUT2D eigenvalue weighted by atomic mass is 10.3. The van der Waals surface area contributed by atoms with E-state index in [0.29, 0.717) is 0 Å². The Kier molecular flexibility index (Phi) is 3.19. The fourth-order valence-electron chi connectivity index (χ4n) is 0.851. The normalized spacial score (nSPS) is 9.62. The molecule has 13 heavy (non-hydrogen) atoms. The fraction of sp³-hybridized carbons (Fsp3) is 0.250. The van der Waals surface area contributed by atoms with Crippen molar-refractivity contribution in [1.82, 2.24) is 4.98 Å². The SMILES string of the molecule is NC(=O)OCCc1ncccc1F. The highest BCUT2D eigenvalue weighted by Gasteiger charge is 2.02. The van der Waals surface area contributed by atoms with Crippen molar-refractivity contribution in [2.75, 3.05) is 6.61 Å². The van der Waals surface area contributed by atoms with Gasteiger partial charge >= 0.3 is 6.09 Å². The molecule has 1 amide bonds. The van der Waals surface area contributed by atoms with E-state index in [1.165, 1.54) is 18.3 Å². The summed E-state index contributed by atoms with van der Waals surface area (Å²) in [6.07, 6.45) is 0.842. The molecule has 0 atom stereocenters. The number of hydrogen-bond donors (Lipinski definition) is 1. The zero-order valence-electron chi connectivity index (χ0n) is 6.87. The van der Waals surface area contributed by atoms with E-state index >= 15 is 0 Å². The van der Waals surface area contributed by atoms with Crippen LogP contribution in [-0.4, -0.2) is 17.7 Å². The Balaban J connectivity index is 2.45. The number of carbonyl (C=O) groups is 1. The molecule has 4 nitrogen and oxygen atoms in total. The maximum absolute atomic E-state index is 12.9. The number of amides is 1. The van der Waals surface area contributed by atoms with Crippen LogP contribution in [0.3, 0.4) is 0 Å². The Morgan fingerprint density at radius 3 is 3.08 bits per heavy atom. The predicted molar refractivity (Wildman–Crippen MR) is 43.4 cm³/mol. The van der Waals surface area contributed by atoms with Crippen LogP contribution in [-0.2, 0) is 11.2 Å². The average molecular weight is 184 g/mol. The second-order valence-electron chi connectivity index (χ2n) is 2.35. The number of primary amides is 1. The highest BCUT2D eigenvalue weighted by atomic mass is 19.1. The van der Waals surface area contributed by atoms with Gasteiger partial charge in [0.15, 0.2) is 0 Å². The average Bonchev–Trinajstić information content (AvgIpc) is 2.08. The molecule has 0 radical (unpaired) electrons. The molecule has 1 heterocycles. The third kappa shape index (κ3) is 3.06. The molecule has 1 aromatic rings. The first-order valence-corrected chi connectivity index (χ1v) is 3.72. The summed E-state index contributed by atoms with van der Waals surface area (Å²) in [5.74, 6) is -0.407. The fourth-order valence-corrected chi connectivity index (χ4v) is 0.851. The van der Waals surface area contributed by atoms with Gasteiger partial charge in [0.1, 0.15) is 5.82 Å². The first-order chi connectivity index (χ1) is 6.20. The molecule has 2 N–H and O–H groups in total. The van der Waals surface area contributed by atoms with E-state index in [1.54, 1.807) is 0 Å². The van der Waals surface area contributed by atoms with E-state index in [-0.39, 0.29) is 18.7 Å². The van der Waals surface area contributed by atoms with Crippen molar-refractivity contribution >= 4 is 6.09 Å². The molecule has 70 valence electrons. The first kappa shape index (κ1) is 9.44. The van der Waals surface area contributed by atoms with Gasteiger partial charge in [-0.05, 0) is 12.1 Å². The van der Waals surface area contributed by atoms with Gasteiger partial charge < -0.3 is 10.5 Å². The van der Waals surface area contributed by atoms with Gasteiger partial charge in [-0.1, -0.05) is 0 Å². The number of halogens is 1. The quantitative estimate of drug-likeness (QED) is 0.757. The predicted octanol–water partition coefficient (Wildman–Crippen LogP) is 0.858. The van der Waals surface area contributed by atoms with E-state index in [9.17, 15) is 9.18 Å². The van der Waals surface area contributed by atoms with Crippen LogP contribution < -0.4 is 5.73 Å². The van der Waals surface area contributed by atoms with Crippen LogP contribution in [0, 0.1) is 5.82 Å². The molecule has 0 unspecified atom stereocenters. The number of pyridine rings is 1. The summed E-state index contributed by atoms with van der Waals surface area (Å²) in [7, 11) is 0. The molecule has 0 aliphatic rings. The molecular formula is C8H9FN2O2. The summed E-state index contributed by atoms with van der Waals surface area (Å²) < 4.78 is 17.3. The summed E-state index contributed by atoms with van der Waals surface area (Å²) in [6.45, 7) is 0.0449. The Bertz CT molecular complexity index is 304. The number of rotatable bonds is 3. The number of nitrogens with zero attached hydrogens (tertiary/aromatic N) is 1. The molecule has 0 aliphatic carbocycles. The summed E-state index contributed by atoms with van der Waals surface area (Å²) in [5, 5.41) is 0. The highest BCUT2D eigenvalue weighted by Crippen LogP contribution is 2.02. The van der Waals surface area contributed by atoms with Crippen molar-refractivity contribution in [3.05, 3.63) is 29.8 Å². The zero-order chi connectivity index (χ0) is 9.68. The zero-order valence-corrected chi connectivity index (χ0v) is 6.87. The number of aromatic nitrogens is 1. The Hall–Kier alpha value is -1.65. The van der Waals surface area contributed by atoms with Gasteiger partial charge in [0.25, 0.3) is 0 Å². The number of carbonyl (C=O) groups excluding carboxylic acids is 1. The van der Waals surface area contributed by atoms with Crippen molar-refractivity contribution in [1.29, 1.82) is 0 Å². The van der Waals surface area contributed by atoms with Gasteiger partial charge in [-0.3, -0.25) is 4.98 Å². The summed E-state index contributed by atoms with van der Waals surface area (Å²) >= 11 is 0. The first-order valence-electron chi connectivity index (χ1n) is 3.72. The van der Waals surface area contributed by atoms with E-state index < -0.39 is 11.9 Å². The molecule has 5 heteroatoms. The van der Waals surface area contributed by atoms with Crippen LogP contribution in [0.2, 0.25) is 0 Å². The van der Waals surface area contributed by atoms with Crippen molar-refractivity contribution in [2.45, 2.75) is 6.42 Å². The van der Waals surface area contributed by atoms with Crippen LogP contribution >= 0.6 is 0 Å². The maximum atomic E-state index is 12.9. The van der Waals surface area contributed by atoms with Crippen LogP contribution in [0.25, 0.3) is 0 Å². The monoisotopic (exact) mass is 184 g/mol. The van der Waals surface area contributed by atoms with Crippen molar-refractivity contribution in [3.63, 3.8) is 0 Å². The molecule has 0 fully saturated rings. The molecule has 0 bridgehead atoms. The molecule has 0 saturated heterocycles. The Labute approximate surface area is 74.5 Å². The number of ether oxygens (including phenoxy) is 1. The molecule has 1 rings (SSSR count). The molecule has 0 saturated carbocycles. The molecular weight excluding hydrogens is 175 g/mol. The highest BCUT2D eigenvalue weighted by molar-refractivity contribution is 5.64. The Morgan fingerprint density at radius 2 is 2.46 bits per heavy atom. The molecule has 0 aromatic carbocycles. The van der Waals surface area contributed by atoms with E-state index in [2.05, 4.69) is 9.72 Å². The van der Waals surface area contributed by atoms with Gasteiger partial charge in [0.2, 0.25) is 0 Å². The van der Waals surface area contributed by atoms with Gasteiger partial charge in [0, 0.05) is 12.6 Å². The number of hydrogen-bond acceptors (Lipinski definition) is 3. The topological polar surface area (TPSA) is 65.2 Å². The third-order valence-corrected chi connectivity index (χ3v) is 1.42. The van der Waals surface area contributed by atoms with E-state index in [1.807, 2.05) is 0 Å².